The van der Waals surface area contributed by atoms with Gasteiger partial charge in [0.1, 0.15) is 23.0 Å². The fourth-order valence-corrected chi connectivity index (χ4v) is 8.30. The second kappa shape index (κ2) is 13.0. The smallest absolute Gasteiger partial charge is 0.309 e. The van der Waals surface area contributed by atoms with Crippen LogP contribution < -0.4 is 0 Å². The highest BCUT2D eigenvalue weighted by Gasteiger charge is 2.40. The molecule has 2 nitrogen and oxygen atoms in total. The van der Waals surface area contributed by atoms with Crippen LogP contribution in [0.5, 0.6) is 0 Å². The molecule has 0 saturated carbocycles. The first-order valence-corrected chi connectivity index (χ1v) is 18.2. The summed E-state index contributed by atoms with van der Waals surface area (Å²) in [5.74, 6) is -3.63. The Hall–Kier alpha value is -7.06. The summed E-state index contributed by atoms with van der Waals surface area (Å²) in [6.07, 6.45) is -4.99. The molecule has 0 amide bonds. The van der Waals surface area contributed by atoms with Gasteiger partial charge in [0.25, 0.3) is 0 Å². The van der Waals surface area contributed by atoms with Crippen molar-refractivity contribution in [2.45, 2.75) is 6.18 Å². The van der Waals surface area contributed by atoms with Gasteiger partial charge < -0.3 is 9.13 Å². The normalized spacial score (nSPS) is 12.0. The van der Waals surface area contributed by atoms with Gasteiger partial charge in [-0.15, -0.1) is 0 Å². The average Bonchev–Trinajstić information content (AvgIpc) is 3.72. The maximum atomic E-state index is 16.3. The molecule has 2 heterocycles. The maximum Gasteiger partial charge on any atom is 0.420 e. The molecule has 0 N–H and O–H groups in total. The summed E-state index contributed by atoms with van der Waals surface area (Å²) < 4.78 is 98.0. The van der Waals surface area contributed by atoms with Gasteiger partial charge in [0.15, 0.2) is 0 Å². The minimum Gasteiger partial charge on any atom is -0.309 e. The summed E-state index contributed by atoms with van der Waals surface area (Å²) in [4.78, 5) is 0. The first-order valence-electron chi connectivity index (χ1n) is 18.2. The van der Waals surface area contributed by atoms with Gasteiger partial charge in [-0.2, -0.15) is 13.2 Å². The quantitative estimate of drug-likeness (QED) is 0.155. The molecule has 0 aliphatic rings. The lowest BCUT2D eigenvalue weighted by Gasteiger charge is -2.23. The van der Waals surface area contributed by atoms with E-state index in [1.54, 1.807) is 24.3 Å². The van der Waals surface area contributed by atoms with E-state index in [-0.39, 0.29) is 16.9 Å². The number of halogens is 6. The van der Waals surface area contributed by atoms with Gasteiger partial charge >= 0.3 is 6.18 Å². The molecule has 0 aliphatic carbocycles. The molecule has 10 rings (SSSR count). The third kappa shape index (κ3) is 5.59. The van der Waals surface area contributed by atoms with Crippen molar-refractivity contribution in [3.05, 3.63) is 193 Å². The second-order valence-corrected chi connectivity index (χ2v) is 14.0. The number of nitrogens with zero attached hydrogens (tertiary/aromatic N) is 2. The van der Waals surface area contributed by atoms with E-state index >= 15 is 22.0 Å². The Morgan fingerprint density at radius 3 is 1.19 bits per heavy atom. The molecule has 0 radical (unpaired) electrons. The molecule has 57 heavy (non-hydrogen) atoms. The lowest BCUT2D eigenvalue weighted by Crippen LogP contribution is -2.16. The second-order valence-electron chi connectivity index (χ2n) is 14.0. The average molecular weight is 759 g/mol. The molecule has 0 saturated heterocycles. The van der Waals surface area contributed by atoms with Gasteiger partial charge in [-0.3, -0.25) is 0 Å². The number of hydrogen-bond acceptors (Lipinski definition) is 0. The summed E-state index contributed by atoms with van der Waals surface area (Å²) in [5, 5.41) is 2.76. The fraction of sp³-hybridized carbons (Fsp3) is 0.0204. The van der Waals surface area contributed by atoms with Gasteiger partial charge in [0, 0.05) is 33.7 Å². The molecule has 0 atom stereocenters. The molecule has 10 aromatic rings. The van der Waals surface area contributed by atoms with Crippen LogP contribution >= 0.6 is 0 Å². The molecule has 276 valence electrons. The summed E-state index contributed by atoms with van der Waals surface area (Å²) in [7, 11) is 0. The summed E-state index contributed by atoms with van der Waals surface area (Å²) in [6.45, 7) is 0. The van der Waals surface area contributed by atoms with Gasteiger partial charge in [0.2, 0.25) is 0 Å². The monoisotopic (exact) mass is 758 g/mol. The van der Waals surface area contributed by atoms with Crippen LogP contribution in [0.3, 0.4) is 0 Å². The predicted octanol–water partition coefficient (Wildman–Crippen LogP) is 14.3. The van der Waals surface area contributed by atoms with Gasteiger partial charge in [-0.25, -0.2) is 13.2 Å². The lowest BCUT2D eigenvalue weighted by atomic mass is 9.98. The van der Waals surface area contributed by atoms with Crippen molar-refractivity contribution in [3.8, 4) is 44.8 Å². The number of alkyl halides is 3. The topological polar surface area (TPSA) is 9.86 Å². The standard InChI is InChI=1S/C49H28F6N2/c50-34-27-39(51)47(40(52)28-34)33-25-45(56-41-17-9-7-15-35(41)37-21-19-31(23-43(37)56)29-11-3-1-4-12-29)48(49(53,54)55)46(26-33)57-42-18-10-8-16-36(42)38-22-20-32(24-44(38)57)30-13-5-2-6-14-30/h1-28H. The SMILES string of the molecule is Fc1cc(F)c(-c2cc(-n3c4ccccc4c4ccc(-c5ccccc5)cc43)c(C(F)(F)F)c(-n3c4ccccc4c4ccc(-c5ccccc5)cc43)c2)c(F)c1. The van der Waals surface area contributed by atoms with E-state index in [0.717, 1.165) is 34.4 Å². The van der Waals surface area contributed by atoms with Crippen molar-refractivity contribution in [2.75, 3.05) is 0 Å². The van der Waals surface area contributed by atoms with Crippen LogP contribution in [0.4, 0.5) is 26.3 Å². The Balaban J connectivity index is 1.40. The molecule has 0 spiro atoms. The molecule has 0 unspecified atom stereocenters. The van der Waals surface area contributed by atoms with Crippen LogP contribution in [0.25, 0.3) is 88.4 Å². The van der Waals surface area contributed by atoms with Crippen LogP contribution in [-0.2, 0) is 6.18 Å². The van der Waals surface area contributed by atoms with Crippen LogP contribution in [0, 0.1) is 17.5 Å². The van der Waals surface area contributed by atoms with E-state index in [4.69, 9.17) is 0 Å². The van der Waals surface area contributed by atoms with Gasteiger partial charge in [0.05, 0.1) is 39.0 Å². The molecule has 8 aromatic carbocycles. The van der Waals surface area contributed by atoms with E-state index in [1.807, 2.05) is 121 Å². The van der Waals surface area contributed by atoms with E-state index < -0.39 is 34.8 Å². The minimum atomic E-state index is -4.99. The third-order valence-corrected chi connectivity index (χ3v) is 10.7. The number of rotatable bonds is 5. The fourth-order valence-electron chi connectivity index (χ4n) is 8.30. The van der Waals surface area contributed by atoms with E-state index in [9.17, 15) is 4.39 Å². The Kier molecular flexibility index (Phi) is 7.87. The molecule has 0 fully saturated rings. The molecule has 8 heteroatoms. The number of benzene rings is 8. The van der Waals surface area contributed by atoms with Crippen LogP contribution in [0.15, 0.2) is 170 Å². The van der Waals surface area contributed by atoms with Crippen molar-refractivity contribution in [1.29, 1.82) is 0 Å². The summed E-state index contributed by atoms with van der Waals surface area (Å²) in [6, 6.07) is 47.9. The first-order chi connectivity index (χ1) is 27.7. The van der Waals surface area contributed by atoms with Crippen LogP contribution in [-0.4, -0.2) is 9.13 Å². The molecule has 0 bridgehead atoms. The summed E-state index contributed by atoms with van der Waals surface area (Å²) in [5.41, 5.74) is 2.52. The highest BCUT2D eigenvalue weighted by molar-refractivity contribution is 6.12. The Bertz CT molecular complexity index is 2990. The predicted molar refractivity (Wildman–Crippen MR) is 216 cm³/mol. The van der Waals surface area contributed by atoms with Gasteiger partial charge in [-0.1, -0.05) is 121 Å². The van der Waals surface area contributed by atoms with Crippen molar-refractivity contribution < 1.29 is 26.3 Å². The van der Waals surface area contributed by atoms with Crippen LogP contribution in [0.2, 0.25) is 0 Å². The zero-order valence-electron chi connectivity index (χ0n) is 29.8. The van der Waals surface area contributed by atoms with Crippen molar-refractivity contribution in [1.82, 2.24) is 9.13 Å². The lowest BCUT2D eigenvalue weighted by molar-refractivity contribution is -0.137. The van der Waals surface area contributed by atoms with Crippen LogP contribution in [0.1, 0.15) is 5.56 Å². The van der Waals surface area contributed by atoms with Crippen molar-refractivity contribution in [3.63, 3.8) is 0 Å². The molecule has 0 aliphatic heterocycles. The molecular formula is C49H28F6N2. The number of para-hydroxylation sites is 2. The Labute approximate surface area is 322 Å². The number of hydrogen-bond donors (Lipinski definition) is 0. The van der Waals surface area contributed by atoms with Crippen molar-refractivity contribution >= 4 is 43.6 Å². The zero-order chi connectivity index (χ0) is 39.0. The third-order valence-electron chi connectivity index (χ3n) is 10.7. The van der Waals surface area contributed by atoms with E-state index in [1.165, 1.54) is 9.13 Å². The molecule has 2 aromatic heterocycles. The number of aromatic nitrogens is 2. The minimum absolute atomic E-state index is 0.196. The van der Waals surface area contributed by atoms with Gasteiger partial charge in [-0.05, 0) is 64.2 Å². The highest BCUT2D eigenvalue weighted by Crippen LogP contribution is 2.47. The zero-order valence-corrected chi connectivity index (χ0v) is 29.8. The van der Waals surface area contributed by atoms with E-state index in [0.29, 0.717) is 55.7 Å². The largest absolute Gasteiger partial charge is 0.420 e. The number of fused-ring (bicyclic) bond motifs is 6. The van der Waals surface area contributed by atoms with E-state index in [2.05, 4.69) is 0 Å². The summed E-state index contributed by atoms with van der Waals surface area (Å²) >= 11 is 0. The maximum absolute atomic E-state index is 16.3. The first kappa shape index (κ1) is 34.4. The molecular weight excluding hydrogens is 731 g/mol. The Morgan fingerprint density at radius 1 is 0.351 bits per heavy atom. The highest BCUT2D eigenvalue weighted by atomic mass is 19.4. The van der Waals surface area contributed by atoms with Crippen molar-refractivity contribution in [2.24, 2.45) is 0 Å². The Morgan fingerprint density at radius 2 is 0.754 bits per heavy atom.